The fraction of sp³-hybridized carbons (Fsp3) is 0.143. The molecule has 0 spiro atoms. The topological polar surface area (TPSA) is 89.4 Å². The second-order valence-electron chi connectivity index (χ2n) is 4.53. The summed E-state index contributed by atoms with van der Waals surface area (Å²) in [6.45, 7) is 2.38. The van der Waals surface area contributed by atoms with Gasteiger partial charge in [-0.25, -0.2) is 17.9 Å². The lowest BCUT2D eigenvalue weighted by atomic mass is 10.2. The molecule has 0 aliphatic heterocycles. The molecule has 0 saturated heterocycles. The molecule has 4 N–H and O–H groups in total. The molecule has 0 bridgehead atoms. The number of nitrogen functional groups attached to an aromatic ring is 1. The van der Waals surface area contributed by atoms with Crippen molar-refractivity contribution in [2.45, 2.75) is 11.8 Å². The van der Waals surface area contributed by atoms with Crippen LogP contribution in [-0.4, -0.2) is 15.0 Å². The van der Waals surface area contributed by atoms with Gasteiger partial charge in [0.05, 0.1) is 4.90 Å². The van der Waals surface area contributed by atoms with Crippen molar-refractivity contribution in [2.75, 3.05) is 17.2 Å². The number of rotatable bonds is 4. The number of anilines is 3. The molecule has 0 aliphatic carbocycles. The van der Waals surface area contributed by atoms with Gasteiger partial charge >= 0.3 is 0 Å². The minimum atomic E-state index is -3.86. The average molecular weight is 309 g/mol. The molecule has 0 unspecified atom stereocenters. The summed E-state index contributed by atoms with van der Waals surface area (Å²) in [5.74, 6) is -0.374. The van der Waals surface area contributed by atoms with Gasteiger partial charge in [-0.15, -0.1) is 0 Å². The number of nitrogens with zero attached hydrogens (tertiary/aromatic N) is 1. The Kier molecular flexibility index (Phi) is 4.15. The number of primary sulfonamides is 1. The van der Waals surface area contributed by atoms with Crippen LogP contribution >= 0.6 is 0 Å². The minimum absolute atomic E-state index is 0.0765. The molecular weight excluding hydrogens is 293 g/mol. The quantitative estimate of drug-likeness (QED) is 0.847. The van der Waals surface area contributed by atoms with Crippen LogP contribution in [0.25, 0.3) is 0 Å². The maximum Gasteiger partial charge on any atom is 0.238 e. The van der Waals surface area contributed by atoms with E-state index >= 15 is 0 Å². The van der Waals surface area contributed by atoms with E-state index < -0.39 is 10.0 Å². The smallest absolute Gasteiger partial charge is 0.238 e. The van der Waals surface area contributed by atoms with Gasteiger partial charge in [0.15, 0.2) is 0 Å². The highest BCUT2D eigenvalue weighted by molar-refractivity contribution is 7.89. The van der Waals surface area contributed by atoms with Gasteiger partial charge in [0, 0.05) is 23.6 Å². The van der Waals surface area contributed by atoms with E-state index in [4.69, 9.17) is 10.9 Å². The van der Waals surface area contributed by atoms with Crippen LogP contribution in [0.1, 0.15) is 6.92 Å². The normalized spacial score (nSPS) is 11.4. The zero-order chi connectivity index (χ0) is 15.6. The molecule has 0 saturated carbocycles. The van der Waals surface area contributed by atoms with Crippen LogP contribution in [0.2, 0.25) is 0 Å². The van der Waals surface area contributed by atoms with E-state index in [1.807, 2.05) is 6.92 Å². The first kappa shape index (κ1) is 15.3. The number of benzene rings is 2. The van der Waals surface area contributed by atoms with E-state index in [2.05, 4.69) is 0 Å². The van der Waals surface area contributed by atoms with Crippen LogP contribution in [0.5, 0.6) is 0 Å². The van der Waals surface area contributed by atoms with Crippen molar-refractivity contribution < 1.29 is 12.8 Å². The minimum Gasteiger partial charge on any atom is -0.399 e. The third-order valence-electron chi connectivity index (χ3n) is 2.99. The average Bonchev–Trinajstić information content (AvgIpc) is 2.38. The maximum absolute atomic E-state index is 13.4. The Hall–Kier alpha value is -2.12. The maximum atomic E-state index is 13.4. The van der Waals surface area contributed by atoms with Crippen LogP contribution in [-0.2, 0) is 10.0 Å². The summed E-state index contributed by atoms with van der Waals surface area (Å²) in [4.78, 5) is 1.67. The Morgan fingerprint density at radius 3 is 2.43 bits per heavy atom. The molecule has 0 aromatic heterocycles. The van der Waals surface area contributed by atoms with Gasteiger partial charge in [-0.05, 0) is 43.3 Å². The number of halogens is 1. The van der Waals surface area contributed by atoms with Crippen LogP contribution in [0.3, 0.4) is 0 Å². The summed E-state index contributed by atoms with van der Waals surface area (Å²) in [5.41, 5.74) is 7.14. The number of hydrogen-bond acceptors (Lipinski definition) is 4. The Bertz CT molecular complexity index is 763. The molecule has 21 heavy (non-hydrogen) atoms. The number of hydrogen-bond donors (Lipinski definition) is 2. The van der Waals surface area contributed by atoms with Crippen LogP contribution in [0, 0.1) is 5.82 Å². The summed E-state index contributed by atoms with van der Waals surface area (Å²) >= 11 is 0. The predicted octanol–water partition coefficient (Wildman–Crippen LogP) is 2.21. The third kappa shape index (κ3) is 3.50. The van der Waals surface area contributed by atoms with Gasteiger partial charge in [-0.3, -0.25) is 0 Å². The Balaban J connectivity index is 2.55. The Morgan fingerprint density at radius 1 is 1.14 bits per heavy atom. The molecule has 0 atom stereocenters. The standard InChI is InChI=1S/C14H16FN3O2S/c1-2-18(12-5-3-4-10(15)6-12)13-7-11(16)8-14(9-13)21(17,19)20/h3-9H,2,16H2,1H3,(H2,17,19,20). The van der Waals surface area contributed by atoms with Crippen molar-refractivity contribution in [1.29, 1.82) is 0 Å². The lowest BCUT2D eigenvalue weighted by Crippen LogP contribution is -2.18. The van der Waals surface area contributed by atoms with Gasteiger partial charge in [-0.2, -0.15) is 0 Å². The van der Waals surface area contributed by atoms with Crippen LogP contribution in [0.4, 0.5) is 21.5 Å². The van der Waals surface area contributed by atoms with E-state index in [0.29, 0.717) is 17.9 Å². The number of nitrogens with two attached hydrogens (primary N) is 2. The summed E-state index contributed by atoms with van der Waals surface area (Å²) in [7, 11) is -3.86. The van der Waals surface area contributed by atoms with E-state index in [0.717, 1.165) is 0 Å². The van der Waals surface area contributed by atoms with Crippen molar-refractivity contribution in [3.8, 4) is 0 Å². The monoisotopic (exact) mass is 309 g/mol. The van der Waals surface area contributed by atoms with Crippen molar-refractivity contribution >= 4 is 27.1 Å². The summed E-state index contributed by atoms with van der Waals surface area (Å²) < 4.78 is 36.3. The largest absolute Gasteiger partial charge is 0.399 e. The zero-order valence-corrected chi connectivity index (χ0v) is 12.3. The van der Waals surface area contributed by atoms with Crippen LogP contribution < -0.4 is 15.8 Å². The van der Waals surface area contributed by atoms with E-state index in [9.17, 15) is 12.8 Å². The second-order valence-corrected chi connectivity index (χ2v) is 6.09. The highest BCUT2D eigenvalue weighted by atomic mass is 32.2. The first-order chi connectivity index (χ1) is 9.81. The van der Waals surface area contributed by atoms with Gasteiger partial charge < -0.3 is 10.6 Å². The second kappa shape index (κ2) is 5.71. The van der Waals surface area contributed by atoms with Crippen molar-refractivity contribution in [3.05, 3.63) is 48.3 Å². The first-order valence-electron chi connectivity index (χ1n) is 6.27. The molecule has 0 fully saturated rings. The SMILES string of the molecule is CCN(c1cccc(F)c1)c1cc(N)cc(S(N)(=O)=O)c1. The van der Waals surface area contributed by atoms with Gasteiger partial charge in [0.1, 0.15) is 5.82 Å². The molecule has 5 nitrogen and oxygen atoms in total. The Morgan fingerprint density at radius 2 is 1.86 bits per heavy atom. The molecular formula is C14H16FN3O2S. The zero-order valence-electron chi connectivity index (χ0n) is 11.5. The summed E-state index contributed by atoms with van der Waals surface area (Å²) in [6.07, 6.45) is 0. The molecule has 2 aromatic carbocycles. The molecule has 0 amide bonds. The predicted molar refractivity (Wildman–Crippen MR) is 81.3 cm³/mol. The van der Waals surface area contributed by atoms with Crippen molar-refractivity contribution in [2.24, 2.45) is 5.14 Å². The lowest BCUT2D eigenvalue weighted by Gasteiger charge is -2.24. The molecule has 2 aromatic rings. The molecule has 0 radical (unpaired) electrons. The first-order valence-corrected chi connectivity index (χ1v) is 7.82. The molecule has 0 aliphatic rings. The highest BCUT2D eigenvalue weighted by Crippen LogP contribution is 2.29. The molecule has 7 heteroatoms. The molecule has 0 heterocycles. The van der Waals surface area contributed by atoms with Gasteiger partial charge in [-0.1, -0.05) is 6.07 Å². The van der Waals surface area contributed by atoms with Gasteiger partial charge in [0.2, 0.25) is 10.0 Å². The third-order valence-corrected chi connectivity index (χ3v) is 3.88. The molecule has 112 valence electrons. The lowest BCUT2D eigenvalue weighted by molar-refractivity contribution is 0.598. The fourth-order valence-electron chi connectivity index (χ4n) is 2.08. The summed E-state index contributed by atoms with van der Waals surface area (Å²) in [6, 6.07) is 10.3. The van der Waals surface area contributed by atoms with E-state index in [1.165, 1.54) is 24.3 Å². The molecule has 2 rings (SSSR count). The highest BCUT2D eigenvalue weighted by Gasteiger charge is 2.14. The fourth-order valence-corrected chi connectivity index (χ4v) is 2.67. The van der Waals surface area contributed by atoms with Gasteiger partial charge in [0.25, 0.3) is 0 Å². The van der Waals surface area contributed by atoms with Crippen molar-refractivity contribution in [3.63, 3.8) is 0 Å². The van der Waals surface area contributed by atoms with E-state index in [-0.39, 0.29) is 16.4 Å². The van der Waals surface area contributed by atoms with Crippen molar-refractivity contribution in [1.82, 2.24) is 0 Å². The number of sulfonamides is 1. The summed E-state index contributed by atoms with van der Waals surface area (Å²) in [5, 5.41) is 5.14. The van der Waals surface area contributed by atoms with Crippen LogP contribution in [0.15, 0.2) is 47.4 Å². The Labute approximate surface area is 123 Å². The van der Waals surface area contributed by atoms with E-state index in [1.54, 1.807) is 23.1 Å².